The number of imide groups is 2. The number of halogens is 1. The van der Waals surface area contributed by atoms with Crippen LogP contribution in [0.5, 0.6) is 0 Å². The third-order valence-corrected chi connectivity index (χ3v) is 3.31. The minimum Gasteiger partial charge on any atom is -0.263 e. The van der Waals surface area contributed by atoms with Gasteiger partial charge in [-0.1, -0.05) is 34.1 Å². The van der Waals surface area contributed by atoms with Crippen molar-refractivity contribution in [2.24, 2.45) is 0 Å². The van der Waals surface area contributed by atoms with Gasteiger partial charge in [0.25, 0.3) is 0 Å². The van der Waals surface area contributed by atoms with E-state index < -0.39 is 17.8 Å². The van der Waals surface area contributed by atoms with E-state index in [1.165, 1.54) is 7.05 Å². The van der Waals surface area contributed by atoms with E-state index >= 15 is 0 Å². The second kappa shape index (κ2) is 4.29. The van der Waals surface area contributed by atoms with Crippen molar-refractivity contribution in [2.75, 3.05) is 7.05 Å². The molecule has 6 heteroatoms. The van der Waals surface area contributed by atoms with E-state index in [1.54, 1.807) is 12.1 Å². The first-order chi connectivity index (χ1) is 8.02. The van der Waals surface area contributed by atoms with Crippen LogP contribution in [0, 0.1) is 0 Å². The fourth-order valence-electron chi connectivity index (χ4n) is 1.55. The first-order valence-corrected chi connectivity index (χ1v) is 5.68. The summed E-state index contributed by atoms with van der Waals surface area (Å²) in [4.78, 5) is 36.2. The number of urea groups is 1. The van der Waals surface area contributed by atoms with Crippen LogP contribution in [0.15, 0.2) is 28.7 Å². The van der Waals surface area contributed by atoms with E-state index in [0.717, 1.165) is 19.8 Å². The summed E-state index contributed by atoms with van der Waals surface area (Å²) in [6.45, 7) is 0.0924. The lowest BCUT2D eigenvalue weighted by Crippen LogP contribution is -2.31. The highest BCUT2D eigenvalue weighted by Gasteiger charge is 2.42. The molecule has 5 nitrogen and oxygen atoms in total. The monoisotopic (exact) mass is 296 g/mol. The summed E-state index contributed by atoms with van der Waals surface area (Å²) in [5.74, 6) is -1.57. The molecule has 1 aliphatic rings. The van der Waals surface area contributed by atoms with E-state index in [-0.39, 0.29) is 6.54 Å². The molecule has 0 aromatic heterocycles. The number of nitrogens with zero attached hydrogens (tertiary/aromatic N) is 2. The van der Waals surface area contributed by atoms with Gasteiger partial charge in [0.15, 0.2) is 0 Å². The Morgan fingerprint density at radius 3 is 2.29 bits per heavy atom. The number of rotatable bonds is 2. The van der Waals surface area contributed by atoms with Crippen LogP contribution in [0.3, 0.4) is 0 Å². The Hall–Kier alpha value is -1.69. The normalized spacial score (nSPS) is 16.0. The van der Waals surface area contributed by atoms with E-state index in [0.29, 0.717) is 0 Å². The molecule has 0 N–H and O–H groups in total. The van der Waals surface area contributed by atoms with Gasteiger partial charge >= 0.3 is 17.8 Å². The number of hydrogen-bond donors (Lipinski definition) is 0. The molecule has 0 bridgehead atoms. The van der Waals surface area contributed by atoms with Gasteiger partial charge in [0, 0.05) is 11.5 Å². The standard InChI is InChI=1S/C11H9BrN2O3/c1-13-9(15)10(16)14(11(13)17)6-7-4-2-3-5-8(7)12/h2-5H,6H2,1H3. The summed E-state index contributed by atoms with van der Waals surface area (Å²) in [5, 5.41) is 0. The van der Waals surface area contributed by atoms with E-state index in [9.17, 15) is 14.4 Å². The zero-order valence-corrected chi connectivity index (χ0v) is 10.6. The summed E-state index contributed by atoms with van der Waals surface area (Å²) in [6, 6.07) is 6.64. The van der Waals surface area contributed by atoms with Gasteiger partial charge in [0.2, 0.25) is 0 Å². The minimum atomic E-state index is -0.790. The van der Waals surface area contributed by atoms with Gasteiger partial charge in [-0.25, -0.2) is 4.79 Å². The molecule has 0 saturated carbocycles. The Morgan fingerprint density at radius 1 is 1.12 bits per heavy atom. The highest BCUT2D eigenvalue weighted by Crippen LogP contribution is 2.20. The van der Waals surface area contributed by atoms with E-state index in [2.05, 4.69) is 15.9 Å². The van der Waals surface area contributed by atoms with Crippen LogP contribution >= 0.6 is 15.9 Å². The average Bonchev–Trinajstić information content (AvgIpc) is 2.50. The maximum absolute atomic E-state index is 11.6. The van der Waals surface area contributed by atoms with Gasteiger partial charge in [0.1, 0.15) is 0 Å². The summed E-state index contributed by atoms with van der Waals surface area (Å²) in [7, 11) is 1.29. The van der Waals surface area contributed by atoms with Crippen LogP contribution < -0.4 is 0 Å². The van der Waals surface area contributed by atoms with Crippen molar-refractivity contribution in [1.29, 1.82) is 0 Å². The number of likely N-dealkylation sites (N-methyl/N-ethyl adjacent to an activating group) is 1. The molecule has 1 aromatic rings. The SMILES string of the molecule is CN1C(=O)C(=O)N(Cc2ccccc2Br)C1=O. The number of hydrogen-bond acceptors (Lipinski definition) is 3. The van der Waals surface area contributed by atoms with E-state index in [1.807, 2.05) is 12.1 Å². The lowest BCUT2D eigenvalue weighted by molar-refractivity contribution is -0.143. The highest BCUT2D eigenvalue weighted by molar-refractivity contribution is 9.10. The second-order valence-electron chi connectivity index (χ2n) is 3.63. The summed E-state index contributed by atoms with van der Waals surface area (Å²) < 4.78 is 0.794. The van der Waals surface area contributed by atoms with Crippen LogP contribution in [-0.4, -0.2) is 34.7 Å². The third kappa shape index (κ3) is 1.95. The fourth-order valence-corrected chi connectivity index (χ4v) is 1.96. The highest BCUT2D eigenvalue weighted by atomic mass is 79.9. The van der Waals surface area contributed by atoms with Crippen molar-refractivity contribution in [3.63, 3.8) is 0 Å². The zero-order chi connectivity index (χ0) is 12.6. The van der Waals surface area contributed by atoms with Crippen molar-refractivity contribution in [1.82, 2.24) is 9.80 Å². The smallest absolute Gasteiger partial charge is 0.263 e. The van der Waals surface area contributed by atoms with Crippen molar-refractivity contribution in [3.05, 3.63) is 34.3 Å². The predicted octanol–water partition coefficient (Wildman–Crippen LogP) is 1.37. The molecule has 4 amide bonds. The molecule has 0 unspecified atom stereocenters. The van der Waals surface area contributed by atoms with Crippen LogP contribution in [0.2, 0.25) is 0 Å². The Bertz CT molecular complexity index is 515. The molecule has 0 radical (unpaired) electrons. The minimum absolute atomic E-state index is 0.0924. The first-order valence-electron chi connectivity index (χ1n) is 4.89. The molecule has 2 rings (SSSR count). The van der Waals surface area contributed by atoms with Crippen molar-refractivity contribution in [2.45, 2.75) is 6.54 Å². The van der Waals surface area contributed by atoms with Gasteiger partial charge in [-0.15, -0.1) is 0 Å². The number of carbonyl (C=O) groups is 3. The molecular weight excluding hydrogens is 288 g/mol. The summed E-state index contributed by atoms with van der Waals surface area (Å²) >= 11 is 3.33. The molecular formula is C11H9BrN2O3. The zero-order valence-electron chi connectivity index (χ0n) is 9.01. The second-order valence-corrected chi connectivity index (χ2v) is 4.48. The number of carbonyl (C=O) groups excluding carboxylic acids is 3. The average molecular weight is 297 g/mol. The van der Waals surface area contributed by atoms with Gasteiger partial charge in [-0.3, -0.25) is 19.4 Å². The van der Waals surface area contributed by atoms with Crippen LogP contribution in [0.25, 0.3) is 0 Å². The maximum atomic E-state index is 11.6. The summed E-state index contributed by atoms with van der Waals surface area (Å²) in [5.41, 5.74) is 0.775. The summed E-state index contributed by atoms with van der Waals surface area (Å²) in [6.07, 6.45) is 0. The molecule has 1 aromatic carbocycles. The quantitative estimate of drug-likeness (QED) is 0.612. The maximum Gasteiger partial charge on any atom is 0.334 e. The molecule has 1 aliphatic heterocycles. The topological polar surface area (TPSA) is 57.7 Å². The fraction of sp³-hybridized carbons (Fsp3) is 0.182. The van der Waals surface area contributed by atoms with Crippen molar-refractivity contribution >= 4 is 33.8 Å². The number of amides is 4. The molecule has 0 spiro atoms. The lowest BCUT2D eigenvalue weighted by Gasteiger charge is -2.13. The van der Waals surface area contributed by atoms with Gasteiger partial charge < -0.3 is 0 Å². The molecule has 1 heterocycles. The van der Waals surface area contributed by atoms with Gasteiger partial charge in [-0.2, -0.15) is 0 Å². The predicted molar refractivity (Wildman–Crippen MR) is 62.9 cm³/mol. The first kappa shape index (κ1) is 11.8. The lowest BCUT2D eigenvalue weighted by atomic mass is 10.2. The van der Waals surface area contributed by atoms with Crippen molar-refractivity contribution < 1.29 is 14.4 Å². The molecule has 0 aliphatic carbocycles. The molecule has 0 atom stereocenters. The number of benzene rings is 1. The Morgan fingerprint density at radius 2 is 1.76 bits per heavy atom. The Kier molecular flexibility index (Phi) is 2.97. The van der Waals surface area contributed by atoms with Crippen LogP contribution in [0.4, 0.5) is 4.79 Å². The molecule has 1 saturated heterocycles. The third-order valence-electron chi connectivity index (χ3n) is 2.54. The largest absolute Gasteiger partial charge is 0.334 e. The van der Waals surface area contributed by atoms with Crippen LogP contribution in [-0.2, 0) is 16.1 Å². The van der Waals surface area contributed by atoms with E-state index in [4.69, 9.17) is 0 Å². The Balaban J connectivity index is 2.26. The van der Waals surface area contributed by atoms with Gasteiger partial charge in [0.05, 0.1) is 6.54 Å². The molecule has 88 valence electrons. The Labute approximate surface area is 106 Å². The van der Waals surface area contributed by atoms with Crippen LogP contribution in [0.1, 0.15) is 5.56 Å². The van der Waals surface area contributed by atoms with Gasteiger partial charge in [-0.05, 0) is 11.6 Å². The van der Waals surface area contributed by atoms with Crippen molar-refractivity contribution in [3.8, 4) is 0 Å². The molecule has 1 fully saturated rings. The molecule has 17 heavy (non-hydrogen) atoms.